The van der Waals surface area contributed by atoms with Crippen molar-refractivity contribution in [1.29, 1.82) is 0 Å². The van der Waals surface area contributed by atoms with Gasteiger partial charge < -0.3 is 15.2 Å². The van der Waals surface area contributed by atoms with Crippen molar-refractivity contribution in [2.24, 2.45) is 0 Å². The first-order valence-electron chi connectivity index (χ1n) is 7.49. The first kappa shape index (κ1) is 19.5. The number of nitrogens with one attached hydrogen (secondary N) is 1. The second kappa shape index (κ2) is 8.50. The van der Waals surface area contributed by atoms with Gasteiger partial charge in [0.2, 0.25) is 5.91 Å². The standard InChI is InChI=1S/C15H17ClN2O6S/c16-10-1-2-12(11(7-10)18(22)23)25-9-13(19)17-15(8-14(20)21)3-5-24-6-4-15/h1-2,7H,3-6,8-9H2,(H,17,19)(H,20,21). The number of ether oxygens (including phenoxy) is 1. The number of hydrogen-bond donors (Lipinski definition) is 2. The topological polar surface area (TPSA) is 119 Å². The van der Waals surface area contributed by atoms with Crippen molar-refractivity contribution in [3.63, 3.8) is 0 Å². The van der Waals surface area contributed by atoms with Gasteiger partial charge in [-0.3, -0.25) is 19.7 Å². The third-order valence-electron chi connectivity index (χ3n) is 3.82. The van der Waals surface area contributed by atoms with Crippen molar-refractivity contribution in [1.82, 2.24) is 5.32 Å². The molecule has 0 atom stereocenters. The number of carboxylic acids is 1. The molecule has 0 saturated carbocycles. The van der Waals surface area contributed by atoms with Gasteiger partial charge in [-0.25, -0.2) is 0 Å². The number of nitro benzene ring substituents is 1. The number of hydrogen-bond acceptors (Lipinski definition) is 6. The summed E-state index contributed by atoms with van der Waals surface area (Å²) in [6.45, 7) is 0.757. The van der Waals surface area contributed by atoms with Crippen molar-refractivity contribution in [3.8, 4) is 0 Å². The first-order chi connectivity index (χ1) is 11.8. The number of amides is 1. The number of nitrogens with zero attached hydrogens (tertiary/aromatic N) is 1. The van der Waals surface area contributed by atoms with Crippen LogP contribution in [-0.4, -0.2) is 46.4 Å². The molecule has 0 radical (unpaired) electrons. The van der Waals surface area contributed by atoms with Crippen molar-refractivity contribution < 1.29 is 24.4 Å². The highest BCUT2D eigenvalue weighted by atomic mass is 35.5. The normalized spacial score (nSPS) is 16.2. The lowest BCUT2D eigenvalue weighted by atomic mass is 9.86. The van der Waals surface area contributed by atoms with E-state index in [4.69, 9.17) is 21.4 Å². The summed E-state index contributed by atoms with van der Waals surface area (Å²) in [6, 6.07) is 4.23. The Labute approximate surface area is 153 Å². The largest absolute Gasteiger partial charge is 0.481 e. The molecule has 1 aromatic carbocycles. The van der Waals surface area contributed by atoms with Crippen molar-refractivity contribution in [2.75, 3.05) is 19.0 Å². The van der Waals surface area contributed by atoms with Crippen molar-refractivity contribution in [2.45, 2.75) is 29.7 Å². The fourth-order valence-electron chi connectivity index (χ4n) is 2.63. The molecule has 2 N–H and O–H groups in total. The lowest BCUT2D eigenvalue weighted by Gasteiger charge is -2.36. The van der Waals surface area contributed by atoms with Gasteiger partial charge in [0, 0.05) is 24.3 Å². The maximum Gasteiger partial charge on any atom is 0.305 e. The summed E-state index contributed by atoms with van der Waals surface area (Å²) in [6.07, 6.45) is 0.640. The molecule has 1 amide bonds. The van der Waals surface area contributed by atoms with Gasteiger partial charge >= 0.3 is 5.97 Å². The van der Waals surface area contributed by atoms with Crippen LogP contribution < -0.4 is 5.32 Å². The first-order valence-corrected chi connectivity index (χ1v) is 8.85. The molecule has 0 unspecified atom stereocenters. The number of rotatable bonds is 7. The van der Waals surface area contributed by atoms with Gasteiger partial charge in [0.1, 0.15) is 0 Å². The molecule has 1 aromatic rings. The van der Waals surface area contributed by atoms with Gasteiger partial charge in [0.25, 0.3) is 5.69 Å². The molecule has 0 aliphatic carbocycles. The molecule has 2 rings (SSSR count). The van der Waals surface area contributed by atoms with E-state index in [1.54, 1.807) is 0 Å². The van der Waals surface area contributed by atoms with Crippen LogP contribution in [0.1, 0.15) is 19.3 Å². The number of halogens is 1. The number of carboxylic acid groups (broad SMARTS) is 1. The van der Waals surface area contributed by atoms with E-state index >= 15 is 0 Å². The van der Waals surface area contributed by atoms with Crippen LogP contribution in [0.25, 0.3) is 0 Å². The zero-order valence-corrected chi connectivity index (χ0v) is 14.8. The fraction of sp³-hybridized carbons (Fsp3) is 0.467. The number of carbonyl (C=O) groups excluding carboxylic acids is 1. The van der Waals surface area contributed by atoms with Crippen molar-refractivity contribution in [3.05, 3.63) is 33.3 Å². The minimum Gasteiger partial charge on any atom is -0.481 e. The predicted octanol–water partition coefficient (Wildman–Crippen LogP) is 2.48. The van der Waals surface area contributed by atoms with Gasteiger partial charge in [-0.1, -0.05) is 11.6 Å². The van der Waals surface area contributed by atoms with Gasteiger partial charge in [-0.05, 0) is 25.0 Å². The summed E-state index contributed by atoms with van der Waals surface area (Å²) in [4.78, 5) is 34.2. The van der Waals surface area contributed by atoms with Gasteiger partial charge in [0.05, 0.1) is 27.5 Å². The Morgan fingerprint density at radius 1 is 1.40 bits per heavy atom. The molecule has 25 heavy (non-hydrogen) atoms. The molecule has 1 aliphatic rings. The summed E-state index contributed by atoms with van der Waals surface area (Å²) >= 11 is 6.77. The number of benzene rings is 1. The molecule has 0 aromatic heterocycles. The quantitative estimate of drug-likeness (QED) is 0.418. The van der Waals surface area contributed by atoms with E-state index in [1.165, 1.54) is 18.2 Å². The second-order valence-corrected chi connectivity index (χ2v) is 7.12. The lowest BCUT2D eigenvalue weighted by Crippen LogP contribution is -2.53. The Kier molecular flexibility index (Phi) is 6.63. The molecule has 1 saturated heterocycles. The predicted molar refractivity (Wildman–Crippen MR) is 92.0 cm³/mol. The Bertz CT molecular complexity index is 678. The minimum absolute atomic E-state index is 0.0648. The summed E-state index contributed by atoms with van der Waals surface area (Å²) in [5, 5.41) is 23.2. The molecule has 136 valence electrons. The van der Waals surface area contributed by atoms with Crippen LogP contribution in [-0.2, 0) is 14.3 Å². The molecular formula is C15H17ClN2O6S. The van der Waals surface area contributed by atoms with Crippen LogP contribution in [0.4, 0.5) is 5.69 Å². The molecule has 1 aliphatic heterocycles. The molecule has 0 spiro atoms. The number of aliphatic carboxylic acids is 1. The summed E-state index contributed by atoms with van der Waals surface area (Å²) < 4.78 is 5.23. The Balaban J connectivity index is 2.02. The van der Waals surface area contributed by atoms with Crippen LogP contribution in [0.5, 0.6) is 0 Å². The third kappa shape index (κ3) is 5.58. The molecule has 0 bridgehead atoms. The number of nitro groups is 1. The van der Waals surface area contributed by atoms with Crippen LogP contribution >= 0.6 is 23.4 Å². The summed E-state index contributed by atoms with van der Waals surface area (Å²) in [5.74, 6) is -1.44. The lowest BCUT2D eigenvalue weighted by molar-refractivity contribution is -0.387. The zero-order valence-electron chi connectivity index (χ0n) is 13.2. The summed E-state index contributed by atoms with van der Waals surface area (Å²) in [5.41, 5.74) is -1.01. The molecule has 1 heterocycles. The number of thioether (sulfide) groups is 1. The Morgan fingerprint density at radius 3 is 2.68 bits per heavy atom. The van der Waals surface area contributed by atoms with Crippen LogP contribution in [0.2, 0.25) is 5.02 Å². The van der Waals surface area contributed by atoms with E-state index in [0.29, 0.717) is 31.0 Å². The highest BCUT2D eigenvalue weighted by molar-refractivity contribution is 8.00. The van der Waals surface area contributed by atoms with Gasteiger partial charge in [0.15, 0.2) is 0 Å². The maximum absolute atomic E-state index is 12.3. The average molecular weight is 389 g/mol. The summed E-state index contributed by atoms with van der Waals surface area (Å²) in [7, 11) is 0. The maximum atomic E-state index is 12.3. The minimum atomic E-state index is -0.997. The van der Waals surface area contributed by atoms with Gasteiger partial charge in [-0.2, -0.15) is 0 Å². The van der Waals surface area contributed by atoms with Crippen LogP contribution in [0, 0.1) is 10.1 Å². The highest BCUT2D eigenvalue weighted by Gasteiger charge is 2.36. The van der Waals surface area contributed by atoms with Crippen LogP contribution in [0.15, 0.2) is 23.1 Å². The molecule has 1 fully saturated rings. The van der Waals surface area contributed by atoms with E-state index in [1.807, 2.05) is 0 Å². The average Bonchev–Trinajstić information content (AvgIpc) is 2.53. The number of carbonyl (C=O) groups is 2. The van der Waals surface area contributed by atoms with E-state index in [0.717, 1.165) is 11.8 Å². The van der Waals surface area contributed by atoms with E-state index in [2.05, 4.69) is 5.32 Å². The van der Waals surface area contributed by atoms with E-state index < -0.39 is 16.4 Å². The SMILES string of the molecule is O=C(O)CC1(NC(=O)CSc2ccc(Cl)cc2[N+](=O)[O-])CCOCC1. The third-order valence-corrected chi connectivity index (χ3v) is 5.12. The molecule has 10 heteroatoms. The van der Waals surface area contributed by atoms with E-state index in [-0.39, 0.29) is 28.8 Å². The highest BCUT2D eigenvalue weighted by Crippen LogP contribution is 2.32. The second-order valence-electron chi connectivity index (χ2n) is 5.67. The Morgan fingerprint density at radius 2 is 2.08 bits per heavy atom. The fourth-order valence-corrected chi connectivity index (χ4v) is 3.60. The van der Waals surface area contributed by atoms with Crippen LogP contribution in [0.3, 0.4) is 0 Å². The zero-order chi connectivity index (χ0) is 18.4. The van der Waals surface area contributed by atoms with E-state index in [9.17, 15) is 19.7 Å². The monoisotopic (exact) mass is 388 g/mol. The molecule has 8 nitrogen and oxygen atoms in total. The smallest absolute Gasteiger partial charge is 0.305 e. The molecular weight excluding hydrogens is 372 g/mol. The van der Waals surface area contributed by atoms with Crippen molar-refractivity contribution >= 4 is 40.9 Å². The Hall–Kier alpha value is -1.84. The van der Waals surface area contributed by atoms with Gasteiger partial charge in [-0.15, -0.1) is 11.8 Å².